The Bertz CT molecular complexity index is 386. The average molecular weight is 215 g/mol. The molecular formula is C15H21N. The highest BCUT2D eigenvalue weighted by atomic mass is 14.6. The Morgan fingerprint density at radius 3 is 2.56 bits per heavy atom. The molecule has 0 saturated heterocycles. The average Bonchev–Trinajstić information content (AvgIpc) is 2.21. The van der Waals surface area contributed by atoms with Crippen LogP contribution in [0.1, 0.15) is 37.5 Å². The van der Waals surface area contributed by atoms with Crippen molar-refractivity contribution < 1.29 is 0 Å². The van der Waals surface area contributed by atoms with Gasteiger partial charge in [0.05, 0.1) is 0 Å². The van der Waals surface area contributed by atoms with E-state index in [2.05, 4.69) is 49.2 Å². The highest BCUT2D eigenvalue weighted by Gasteiger charge is 2.01. The molecule has 1 aromatic carbocycles. The molecule has 0 unspecified atom stereocenters. The lowest BCUT2D eigenvalue weighted by molar-refractivity contribution is 0.647. The zero-order valence-corrected chi connectivity index (χ0v) is 10.7. The second-order valence-electron chi connectivity index (χ2n) is 4.45. The predicted molar refractivity (Wildman–Crippen MR) is 73.2 cm³/mol. The summed E-state index contributed by atoms with van der Waals surface area (Å²) in [5.41, 5.74) is 3.84. The molecule has 86 valence electrons. The lowest BCUT2D eigenvalue weighted by Gasteiger charge is -2.08. The molecule has 0 heterocycles. The maximum absolute atomic E-state index is 4.08. The quantitative estimate of drug-likeness (QED) is 0.674. The van der Waals surface area contributed by atoms with Crippen LogP contribution in [0.3, 0.4) is 0 Å². The number of benzene rings is 1. The molecule has 0 atom stereocenters. The Hall–Kier alpha value is -1.37. The summed E-state index contributed by atoms with van der Waals surface area (Å²) < 4.78 is 0. The molecule has 0 aliphatic carbocycles. The van der Waals surface area contributed by atoms with E-state index in [-0.39, 0.29) is 0 Å². The lowest BCUT2D eigenvalue weighted by Crippen LogP contribution is -1.96. The summed E-state index contributed by atoms with van der Waals surface area (Å²) in [5.74, 6) is 0.698. The zero-order chi connectivity index (χ0) is 12.0. The molecule has 0 N–H and O–H groups in total. The van der Waals surface area contributed by atoms with Gasteiger partial charge in [0.15, 0.2) is 0 Å². The third kappa shape index (κ3) is 3.65. The highest BCUT2D eigenvalue weighted by molar-refractivity contribution is 5.85. The topological polar surface area (TPSA) is 12.4 Å². The van der Waals surface area contributed by atoms with Crippen molar-refractivity contribution in [2.24, 2.45) is 10.9 Å². The van der Waals surface area contributed by atoms with Crippen LogP contribution < -0.4 is 0 Å². The number of nitrogens with zero attached hydrogens (tertiary/aromatic N) is 1. The maximum Gasteiger partial charge on any atom is 0.0287 e. The second kappa shape index (κ2) is 6.26. The second-order valence-corrected chi connectivity index (χ2v) is 4.45. The first kappa shape index (κ1) is 12.7. The van der Waals surface area contributed by atoms with Gasteiger partial charge in [-0.05, 0) is 36.0 Å². The van der Waals surface area contributed by atoms with E-state index in [4.69, 9.17) is 0 Å². The lowest BCUT2D eigenvalue weighted by atomic mass is 9.98. The third-order valence-corrected chi connectivity index (χ3v) is 2.41. The number of hydrogen-bond acceptors (Lipinski definition) is 1. The Labute approximate surface area is 98.9 Å². The van der Waals surface area contributed by atoms with Crippen LogP contribution in [-0.4, -0.2) is 13.3 Å². The molecule has 0 amide bonds. The van der Waals surface area contributed by atoms with Crippen molar-refractivity contribution in [3.8, 4) is 0 Å². The van der Waals surface area contributed by atoms with Crippen molar-refractivity contribution in [3.05, 3.63) is 41.0 Å². The molecule has 0 aliphatic rings. The van der Waals surface area contributed by atoms with Crippen LogP contribution >= 0.6 is 0 Å². The smallest absolute Gasteiger partial charge is 0.0287 e. The molecule has 1 aromatic rings. The van der Waals surface area contributed by atoms with Gasteiger partial charge in [0.2, 0.25) is 0 Å². The van der Waals surface area contributed by atoms with Crippen molar-refractivity contribution in [1.29, 1.82) is 0 Å². The summed E-state index contributed by atoms with van der Waals surface area (Å²) in [6.45, 7) is 6.54. The van der Waals surface area contributed by atoms with Crippen LogP contribution in [0, 0.1) is 5.92 Å². The van der Waals surface area contributed by atoms with E-state index in [9.17, 15) is 0 Å². The third-order valence-electron chi connectivity index (χ3n) is 2.41. The fourth-order valence-corrected chi connectivity index (χ4v) is 1.80. The van der Waals surface area contributed by atoms with Gasteiger partial charge in [-0.15, -0.1) is 0 Å². The minimum atomic E-state index is 0.698. The Morgan fingerprint density at radius 2 is 2.00 bits per heavy atom. The maximum atomic E-state index is 4.08. The fourth-order valence-electron chi connectivity index (χ4n) is 1.80. The van der Waals surface area contributed by atoms with E-state index in [0.717, 1.165) is 6.42 Å². The number of rotatable bonds is 4. The standard InChI is InChI=1S/C15H21N/c1-5-6-14-10-13(9-12(2)3)7-8-15(14)11-16-4/h5-8,10-12H,9H2,1-4H3/b6-5-,16-11?. The van der Waals surface area contributed by atoms with Crippen molar-refractivity contribution in [2.75, 3.05) is 7.05 Å². The van der Waals surface area contributed by atoms with Crippen LogP contribution in [0.5, 0.6) is 0 Å². The van der Waals surface area contributed by atoms with Gasteiger partial charge in [0.1, 0.15) is 0 Å². The van der Waals surface area contributed by atoms with Gasteiger partial charge >= 0.3 is 0 Å². The Kier molecular flexibility index (Phi) is 4.97. The fraction of sp³-hybridized carbons (Fsp3) is 0.400. The van der Waals surface area contributed by atoms with Gasteiger partial charge in [-0.3, -0.25) is 4.99 Å². The summed E-state index contributed by atoms with van der Waals surface area (Å²) in [6.07, 6.45) is 7.25. The molecule has 1 rings (SSSR count). The number of aliphatic imine (C=N–C) groups is 1. The van der Waals surface area contributed by atoms with E-state index in [0.29, 0.717) is 5.92 Å². The van der Waals surface area contributed by atoms with Crippen molar-refractivity contribution in [1.82, 2.24) is 0 Å². The minimum absolute atomic E-state index is 0.698. The first-order valence-electron chi connectivity index (χ1n) is 5.85. The Balaban J connectivity index is 3.06. The van der Waals surface area contributed by atoms with E-state index in [1.807, 2.05) is 20.2 Å². The van der Waals surface area contributed by atoms with Crippen molar-refractivity contribution in [3.63, 3.8) is 0 Å². The molecule has 0 aromatic heterocycles. The zero-order valence-electron chi connectivity index (χ0n) is 10.7. The van der Waals surface area contributed by atoms with Gasteiger partial charge in [0.25, 0.3) is 0 Å². The molecule has 1 heteroatoms. The summed E-state index contributed by atoms with van der Waals surface area (Å²) >= 11 is 0. The molecule has 16 heavy (non-hydrogen) atoms. The SMILES string of the molecule is C/C=C\c1cc(CC(C)C)ccc1C=NC. The predicted octanol–water partition coefficient (Wildman–Crippen LogP) is 3.97. The molecule has 0 fully saturated rings. The summed E-state index contributed by atoms with van der Waals surface area (Å²) in [6, 6.07) is 6.61. The van der Waals surface area contributed by atoms with Gasteiger partial charge in [-0.25, -0.2) is 0 Å². The highest BCUT2D eigenvalue weighted by Crippen LogP contribution is 2.15. The van der Waals surface area contributed by atoms with E-state index >= 15 is 0 Å². The summed E-state index contributed by atoms with van der Waals surface area (Å²) in [5, 5.41) is 0. The van der Waals surface area contributed by atoms with E-state index in [1.54, 1.807) is 0 Å². The monoisotopic (exact) mass is 215 g/mol. The minimum Gasteiger partial charge on any atom is -0.296 e. The molecule has 0 spiro atoms. The summed E-state index contributed by atoms with van der Waals surface area (Å²) in [7, 11) is 1.81. The van der Waals surface area contributed by atoms with Crippen LogP contribution in [0.2, 0.25) is 0 Å². The van der Waals surface area contributed by atoms with Crippen LogP contribution in [0.4, 0.5) is 0 Å². The van der Waals surface area contributed by atoms with Gasteiger partial charge < -0.3 is 0 Å². The molecule has 0 aliphatic heterocycles. The van der Waals surface area contributed by atoms with E-state index in [1.165, 1.54) is 16.7 Å². The first-order chi connectivity index (χ1) is 7.67. The largest absolute Gasteiger partial charge is 0.296 e. The molecule has 0 saturated carbocycles. The van der Waals surface area contributed by atoms with Crippen molar-refractivity contribution in [2.45, 2.75) is 27.2 Å². The normalized spacial score (nSPS) is 12.1. The molecule has 0 bridgehead atoms. The first-order valence-corrected chi connectivity index (χ1v) is 5.85. The van der Waals surface area contributed by atoms with Gasteiger partial charge in [0, 0.05) is 13.3 Å². The Morgan fingerprint density at radius 1 is 1.25 bits per heavy atom. The molecular weight excluding hydrogens is 194 g/mol. The van der Waals surface area contributed by atoms with Gasteiger partial charge in [-0.1, -0.05) is 44.2 Å². The molecule has 1 nitrogen and oxygen atoms in total. The molecule has 0 radical (unpaired) electrons. The number of allylic oxidation sites excluding steroid dienone is 1. The van der Waals surface area contributed by atoms with Crippen LogP contribution in [0.25, 0.3) is 6.08 Å². The van der Waals surface area contributed by atoms with Gasteiger partial charge in [-0.2, -0.15) is 0 Å². The van der Waals surface area contributed by atoms with Crippen LogP contribution in [-0.2, 0) is 6.42 Å². The van der Waals surface area contributed by atoms with E-state index < -0.39 is 0 Å². The van der Waals surface area contributed by atoms with Crippen LogP contribution in [0.15, 0.2) is 29.3 Å². The van der Waals surface area contributed by atoms with Crippen molar-refractivity contribution >= 4 is 12.3 Å². The number of hydrogen-bond donors (Lipinski definition) is 0. The summed E-state index contributed by atoms with van der Waals surface area (Å²) in [4.78, 5) is 4.08.